The molecule has 0 saturated carbocycles. The molecule has 0 aliphatic heterocycles. The summed E-state index contributed by atoms with van der Waals surface area (Å²) in [6.45, 7) is 1.43. The van der Waals surface area contributed by atoms with Crippen molar-refractivity contribution >= 4 is 12.1 Å². The Morgan fingerprint density at radius 2 is 2.31 bits per heavy atom. The fourth-order valence-corrected chi connectivity index (χ4v) is 0.804. The Morgan fingerprint density at radius 1 is 1.54 bits per heavy atom. The third kappa shape index (κ3) is 2.53. The average Bonchev–Trinajstić information content (AvgIpc) is 2.15. The van der Waals surface area contributed by atoms with Crippen molar-refractivity contribution in [2.45, 2.75) is 6.92 Å². The van der Waals surface area contributed by atoms with Gasteiger partial charge in [0.25, 0.3) is 0 Å². The molecule has 1 aromatic heterocycles. The van der Waals surface area contributed by atoms with E-state index in [1.54, 1.807) is 18.2 Å². The molecule has 0 radical (unpaired) electrons. The molecule has 1 rings (SSSR count). The number of aldehydes is 1. The van der Waals surface area contributed by atoms with Crippen LogP contribution >= 0.6 is 0 Å². The highest BCUT2D eigenvalue weighted by atomic mass is 16.1. The van der Waals surface area contributed by atoms with Crippen LogP contribution in [0.5, 0.6) is 0 Å². The van der Waals surface area contributed by atoms with E-state index in [4.69, 9.17) is 0 Å². The lowest BCUT2D eigenvalue weighted by Crippen LogP contribution is -1.97. The predicted octanol–water partition coefficient (Wildman–Crippen LogP) is 0.835. The van der Waals surface area contributed by atoms with E-state index in [-0.39, 0.29) is 5.78 Å². The van der Waals surface area contributed by atoms with Gasteiger partial charge in [0.2, 0.25) is 0 Å². The SMILES string of the molecule is CC(=O)c1cccc(C#CC=O)n1. The van der Waals surface area contributed by atoms with Gasteiger partial charge < -0.3 is 0 Å². The maximum atomic E-state index is 10.9. The molecule has 0 bridgehead atoms. The quantitative estimate of drug-likeness (QED) is 0.359. The van der Waals surface area contributed by atoms with Crippen LogP contribution in [-0.4, -0.2) is 17.1 Å². The van der Waals surface area contributed by atoms with E-state index in [0.29, 0.717) is 17.7 Å². The smallest absolute Gasteiger partial charge is 0.193 e. The summed E-state index contributed by atoms with van der Waals surface area (Å²) in [5, 5.41) is 0. The highest BCUT2D eigenvalue weighted by Crippen LogP contribution is 1.98. The minimum absolute atomic E-state index is 0.116. The second kappa shape index (κ2) is 4.17. The highest BCUT2D eigenvalue weighted by molar-refractivity contribution is 5.92. The van der Waals surface area contributed by atoms with Crippen molar-refractivity contribution < 1.29 is 9.59 Å². The Balaban J connectivity index is 3.05. The molecule has 3 heteroatoms. The van der Waals surface area contributed by atoms with Gasteiger partial charge in [0.05, 0.1) is 0 Å². The van der Waals surface area contributed by atoms with Gasteiger partial charge in [0.15, 0.2) is 12.1 Å². The van der Waals surface area contributed by atoms with Crippen molar-refractivity contribution in [3.05, 3.63) is 29.6 Å². The van der Waals surface area contributed by atoms with E-state index in [9.17, 15) is 9.59 Å². The van der Waals surface area contributed by atoms with Crippen molar-refractivity contribution in [1.82, 2.24) is 4.98 Å². The van der Waals surface area contributed by atoms with Crippen LogP contribution in [0.2, 0.25) is 0 Å². The number of aromatic nitrogens is 1. The summed E-state index contributed by atoms with van der Waals surface area (Å²) < 4.78 is 0. The lowest BCUT2D eigenvalue weighted by atomic mass is 10.2. The molecule has 0 N–H and O–H groups in total. The van der Waals surface area contributed by atoms with Crippen LogP contribution in [0.15, 0.2) is 18.2 Å². The van der Waals surface area contributed by atoms with Gasteiger partial charge in [-0.05, 0) is 24.0 Å². The Hall–Kier alpha value is -1.95. The maximum absolute atomic E-state index is 10.9. The van der Waals surface area contributed by atoms with Crippen LogP contribution in [0.3, 0.4) is 0 Å². The zero-order chi connectivity index (χ0) is 9.68. The summed E-state index contributed by atoms with van der Waals surface area (Å²) in [5.74, 6) is 4.62. The first-order chi connectivity index (χ1) is 6.24. The second-order valence-corrected chi connectivity index (χ2v) is 2.35. The van der Waals surface area contributed by atoms with Crippen LogP contribution in [0.25, 0.3) is 0 Å². The van der Waals surface area contributed by atoms with E-state index in [1.807, 2.05) is 0 Å². The van der Waals surface area contributed by atoms with Gasteiger partial charge in [-0.25, -0.2) is 4.98 Å². The van der Waals surface area contributed by atoms with Gasteiger partial charge in [-0.3, -0.25) is 9.59 Å². The van der Waals surface area contributed by atoms with Crippen LogP contribution in [0, 0.1) is 11.8 Å². The summed E-state index contributed by atoms with van der Waals surface area (Å²) in [6.07, 6.45) is 0.488. The fraction of sp³-hybridized carbons (Fsp3) is 0.100. The zero-order valence-electron chi connectivity index (χ0n) is 7.07. The van der Waals surface area contributed by atoms with Crippen LogP contribution in [0.1, 0.15) is 23.1 Å². The Morgan fingerprint density at radius 3 is 2.92 bits per heavy atom. The Labute approximate surface area is 75.8 Å². The maximum Gasteiger partial charge on any atom is 0.193 e. The number of pyridine rings is 1. The molecule has 0 atom stereocenters. The normalized spacial score (nSPS) is 8.38. The fourth-order valence-electron chi connectivity index (χ4n) is 0.804. The number of hydrogen-bond acceptors (Lipinski definition) is 3. The standard InChI is InChI=1S/C10H7NO2/c1-8(13)10-6-2-4-9(11-10)5-3-7-12/h2,4,6-7H,1H3. The number of hydrogen-bond donors (Lipinski definition) is 0. The van der Waals surface area contributed by atoms with Crippen molar-refractivity contribution in [3.8, 4) is 11.8 Å². The van der Waals surface area contributed by atoms with E-state index < -0.39 is 0 Å². The molecule has 1 heterocycles. The molecule has 0 spiro atoms. The van der Waals surface area contributed by atoms with E-state index in [0.717, 1.165) is 0 Å². The number of ketones is 1. The molecule has 1 aromatic rings. The average molecular weight is 173 g/mol. The third-order valence-corrected chi connectivity index (χ3v) is 1.37. The number of nitrogens with zero attached hydrogens (tertiary/aromatic N) is 1. The molecule has 0 fully saturated rings. The lowest BCUT2D eigenvalue weighted by molar-refractivity contribution is -0.103. The van der Waals surface area contributed by atoms with Crippen molar-refractivity contribution in [2.75, 3.05) is 0 Å². The van der Waals surface area contributed by atoms with Gasteiger partial charge >= 0.3 is 0 Å². The lowest BCUT2D eigenvalue weighted by Gasteiger charge is -1.93. The molecule has 0 aliphatic carbocycles. The molecule has 13 heavy (non-hydrogen) atoms. The van der Waals surface area contributed by atoms with Crippen molar-refractivity contribution in [2.24, 2.45) is 0 Å². The van der Waals surface area contributed by atoms with E-state index in [1.165, 1.54) is 6.92 Å². The van der Waals surface area contributed by atoms with Gasteiger partial charge in [-0.2, -0.15) is 0 Å². The molecule has 0 unspecified atom stereocenters. The van der Waals surface area contributed by atoms with Gasteiger partial charge in [0.1, 0.15) is 11.4 Å². The number of carbonyl (C=O) groups is 2. The molecule has 0 aliphatic rings. The van der Waals surface area contributed by atoms with Gasteiger partial charge in [-0.1, -0.05) is 6.07 Å². The minimum atomic E-state index is -0.116. The summed E-state index contributed by atoms with van der Waals surface area (Å²) >= 11 is 0. The van der Waals surface area contributed by atoms with Crippen LogP contribution in [0.4, 0.5) is 0 Å². The molecular weight excluding hydrogens is 166 g/mol. The number of carbonyl (C=O) groups excluding carboxylic acids is 2. The van der Waals surface area contributed by atoms with E-state index >= 15 is 0 Å². The van der Waals surface area contributed by atoms with Crippen LogP contribution < -0.4 is 0 Å². The first kappa shape index (κ1) is 9.14. The molecule has 0 amide bonds. The summed E-state index contributed by atoms with van der Waals surface area (Å²) in [6, 6.07) is 4.93. The van der Waals surface area contributed by atoms with Crippen molar-refractivity contribution in [3.63, 3.8) is 0 Å². The van der Waals surface area contributed by atoms with Gasteiger partial charge in [0, 0.05) is 6.92 Å². The minimum Gasteiger partial charge on any atom is -0.293 e. The largest absolute Gasteiger partial charge is 0.293 e. The van der Waals surface area contributed by atoms with Gasteiger partial charge in [-0.15, -0.1) is 0 Å². The summed E-state index contributed by atoms with van der Waals surface area (Å²) in [4.78, 5) is 24.7. The Kier molecular flexibility index (Phi) is 2.93. The topological polar surface area (TPSA) is 47.0 Å². The first-order valence-corrected chi connectivity index (χ1v) is 3.67. The summed E-state index contributed by atoms with van der Waals surface area (Å²) in [7, 11) is 0. The first-order valence-electron chi connectivity index (χ1n) is 3.67. The molecule has 64 valence electrons. The zero-order valence-corrected chi connectivity index (χ0v) is 7.07. The highest BCUT2D eigenvalue weighted by Gasteiger charge is 1.99. The van der Waals surface area contributed by atoms with Crippen molar-refractivity contribution in [1.29, 1.82) is 0 Å². The van der Waals surface area contributed by atoms with Crippen LogP contribution in [-0.2, 0) is 4.79 Å². The Bertz CT molecular complexity index is 399. The monoisotopic (exact) mass is 173 g/mol. The second-order valence-electron chi connectivity index (χ2n) is 2.35. The molecular formula is C10H7NO2. The molecule has 3 nitrogen and oxygen atoms in total. The third-order valence-electron chi connectivity index (χ3n) is 1.37. The molecule has 0 aromatic carbocycles. The number of rotatable bonds is 1. The predicted molar refractivity (Wildman–Crippen MR) is 47.2 cm³/mol. The van der Waals surface area contributed by atoms with E-state index in [2.05, 4.69) is 16.8 Å². The summed E-state index contributed by atoms with van der Waals surface area (Å²) in [5.41, 5.74) is 0.789. The molecule has 0 saturated heterocycles. The number of Topliss-reactive ketones (excluding diaryl/α,β-unsaturated/α-hetero) is 1.